The van der Waals surface area contributed by atoms with Crippen LogP contribution in [0, 0.1) is 0 Å². The average Bonchev–Trinajstić information content (AvgIpc) is 2.83. The minimum Gasteiger partial charge on any atom is -0.465 e. The SMILES string of the molecule is COC(=O)c1cc(Br)cc2nnn(COCC[Si](C)(C)C)c12. The lowest BCUT2D eigenvalue weighted by atomic mass is 10.2. The number of hydrogen-bond acceptors (Lipinski definition) is 5. The number of halogens is 1. The molecule has 0 unspecified atom stereocenters. The number of nitrogens with zero attached hydrogens (tertiary/aromatic N) is 3. The van der Waals surface area contributed by atoms with Crippen LogP contribution < -0.4 is 0 Å². The van der Waals surface area contributed by atoms with Crippen molar-refractivity contribution in [2.24, 2.45) is 0 Å². The van der Waals surface area contributed by atoms with Gasteiger partial charge in [-0.1, -0.05) is 40.8 Å². The summed E-state index contributed by atoms with van der Waals surface area (Å²) in [7, 11) is 0.229. The van der Waals surface area contributed by atoms with Crippen molar-refractivity contribution in [1.82, 2.24) is 15.0 Å². The molecule has 1 heterocycles. The molecule has 0 saturated carbocycles. The summed E-state index contributed by atoms with van der Waals surface area (Å²) in [6.07, 6.45) is 0. The highest BCUT2D eigenvalue weighted by atomic mass is 79.9. The van der Waals surface area contributed by atoms with E-state index >= 15 is 0 Å². The van der Waals surface area contributed by atoms with E-state index in [1.54, 1.807) is 10.7 Å². The van der Waals surface area contributed by atoms with Gasteiger partial charge in [0.05, 0.1) is 12.7 Å². The zero-order chi connectivity index (χ0) is 16.3. The van der Waals surface area contributed by atoms with E-state index in [9.17, 15) is 4.79 Å². The van der Waals surface area contributed by atoms with Gasteiger partial charge >= 0.3 is 5.97 Å². The summed E-state index contributed by atoms with van der Waals surface area (Å²) in [6.45, 7) is 7.85. The Morgan fingerprint density at radius 2 is 2.09 bits per heavy atom. The smallest absolute Gasteiger partial charge is 0.340 e. The minimum absolute atomic E-state index is 0.270. The number of rotatable bonds is 6. The van der Waals surface area contributed by atoms with Crippen LogP contribution in [0.25, 0.3) is 11.0 Å². The molecular formula is C14H20BrN3O3Si. The van der Waals surface area contributed by atoms with Crippen LogP contribution in [0.3, 0.4) is 0 Å². The number of carbonyl (C=O) groups excluding carboxylic acids is 1. The van der Waals surface area contributed by atoms with Crippen LogP contribution in [0.15, 0.2) is 16.6 Å². The molecule has 1 aromatic heterocycles. The minimum atomic E-state index is -1.13. The van der Waals surface area contributed by atoms with Crippen molar-refractivity contribution in [2.45, 2.75) is 32.4 Å². The van der Waals surface area contributed by atoms with E-state index in [0.717, 1.165) is 10.5 Å². The van der Waals surface area contributed by atoms with Crippen LogP contribution in [0.1, 0.15) is 10.4 Å². The van der Waals surface area contributed by atoms with Crippen molar-refractivity contribution in [2.75, 3.05) is 13.7 Å². The van der Waals surface area contributed by atoms with Crippen LogP contribution in [-0.2, 0) is 16.2 Å². The number of aromatic nitrogens is 3. The number of benzene rings is 1. The molecule has 0 amide bonds. The molecule has 0 aliphatic carbocycles. The Labute approximate surface area is 138 Å². The molecule has 1 aromatic carbocycles. The molecule has 0 radical (unpaired) electrons. The lowest BCUT2D eigenvalue weighted by Crippen LogP contribution is -2.22. The first-order valence-electron chi connectivity index (χ1n) is 7.00. The molecule has 0 N–H and O–H groups in total. The quantitative estimate of drug-likeness (QED) is 0.433. The number of carbonyl (C=O) groups is 1. The summed E-state index contributed by atoms with van der Waals surface area (Å²) in [6, 6.07) is 4.60. The standard InChI is InChI=1S/C14H20BrN3O3Si/c1-20-14(19)11-7-10(15)8-12-13(11)18(17-16-12)9-21-5-6-22(2,3)4/h7-8H,5-6,9H2,1-4H3. The third-order valence-corrected chi connectivity index (χ3v) is 5.35. The fourth-order valence-electron chi connectivity index (χ4n) is 1.96. The summed E-state index contributed by atoms with van der Waals surface area (Å²) in [5.74, 6) is -0.419. The van der Waals surface area contributed by atoms with Crippen LogP contribution in [-0.4, -0.2) is 42.8 Å². The highest BCUT2D eigenvalue weighted by Crippen LogP contribution is 2.23. The van der Waals surface area contributed by atoms with Gasteiger partial charge < -0.3 is 9.47 Å². The van der Waals surface area contributed by atoms with Crippen molar-refractivity contribution >= 4 is 41.0 Å². The molecule has 8 heteroatoms. The zero-order valence-electron chi connectivity index (χ0n) is 13.2. The van der Waals surface area contributed by atoms with Gasteiger partial charge in [-0.15, -0.1) is 5.10 Å². The Kier molecular flexibility index (Phi) is 5.35. The van der Waals surface area contributed by atoms with Crippen LogP contribution in [0.2, 0.25) is 25.7 Å². The van der Waals surface area contributed by atoms with Gasteiger partial charge in [-0.3, -0.25) is 0 Å². The van der Waals surface area contributed by atoms with Crippen molar-refractivity contribution in [3.05, 3.63) is 22.2 Å². The van der Waals surface area contributed by atoms with Gasteiger partial charge in [0.2, 0.25) is 0 Å². The lowest BCUT2D eigenvalue weighted by Gasteiger charge is -2.15. The molecular weight excluding hydrogens is 366 g/mol. The maximum absolute atomic E-state index is 11.9. The maximum Gasteiger partial charge on any atom is 0.340 e. The van der Waals surface area contributed by atoms with E-state index in [1.807, 2.05) is 6.07 Å². The monoisotopic (exact) mass is 385 g/mol. The molecule has 6 nitrogen and oxygen atoms in total. The summed E-state index contributed by atoms with van der Waals surface area (Å²) in [5.41, 5.74) is 1.68. The summed E-state index contributed by atoms with van der Waals surface area (Å²) in [5, 5.41) is 8.16. The van der Waals surface area contributed by atoms with E-state index in [0.29, 0.717) is 23.2 Å². The van der Waals surface area contributed by atoms with E-state index in [1.165, 1.54) is 7.11 Å². The molecule has 0 aliphatic rings. The summed E-state index contributed by atoms with van der Waals surface area (Å²) in [4.78, 5) is 11.9. The lowest BCUT2D eigenvalue weighted by molar-refractivity contribution is 0.0599. The second-order valence-electron chi connectivity index (χ2n) is 6.25. The molecule has 22 heavy (non-hydrogen) atoms. The van der Waals surface area contributed by atoms with Gasteiger partial charge in [0, 0.05) is 19.2 Å². The Morgan fingerprint density at radius 3 is 2.73 bits per heavy atom. The molecule has 0 atom stereocenters. The van der Waals surface area contributed by atoms with E-state index < -0.39 is 14.0 Å². The highest BCUT2D eigenvalue weighted by molar-refractivity contribution is 9.10. The molecule has 120 valence electrons. The first-order valence-corrected chi connectivity index (χ1v) is 11.5. The van der Waals surface area contributed by atoms with E-state index in [-0.39, 0.29) is 6.73 Å². The molecule has 0 bridgehead atoms. The first kappa shape index (κ1) is 17.1. The largest absolute Gasteiger partial charge is 0.465 e. The van der Waals surface area contributed by atoms with Crippen molar-refractivity contribution < 1.29 is 14.3 Å². The van der Waals surface area contributed by atoms with Crippen LogP contribution in [0.4, 0.5) is 0 Å². The Bertz CT molecular complexity index is 682. The number of esters is 1. The van der Waals surface area contributed by atoms with Crippen molar-refractivity contribution in [3.63, 3.8) is 0 Å². The summed E-state index contributed by atoms with van der Waals surface area (Å²) < 4.78 is 12.9. The molecule has 0 saturated heterocycles. The second kappa shape index (κ2) is 6.89. The van der Waals surface area contributed by atoms with Gasteiger partial charge in [-0.05, 0) is 18.2 Å². The fourth-order valence-corrected chi connectivity index (χ4v) is 3.17. The van der Waals surface area contributed by atoms with Gasteiger partial charge in [-0.25, -0.2) is 9.48 Å². The third-order valence-electron chi connectivity index (χ3n) is 3.19. The maximum atomic E-state index is 11.9. The number of fused-ring (bicyclic) bond motifs is 1. The van der Waals surface area contributed by atoms with Gasteiger partial charge in [0.15, 0.2) is 0 Å². The fraction of sp³-hybridized carbons (Fsp3) is 0.500. The van der Waals surface area contributed by atoms with Gasteiger partial charge in [0.1, 0.15) is 17.8 Å². The number of hydrogen-bond donors (Lipinski definition) is 0. The number of methoxy groups -OCH3 is 1. The Hall–Kier alpha value is -1.25. The van der Waals surface area contributed by atoms with Gasteiger partial charge in [-0.2, -0.15) is 0 Å². The first-order chi connectivity index (χ1) is 10.3. The highest BCUT2D eigenvalue weighted by Gasteiger charge is 2.18. The van der Waals surface area contributed by atoms with Crippen molar-refractivity contribution in [1.29, 1.82) is 0 Å². The third kappa shape index (κ3) is 4.14. The van der Waals surface area contributed by atoms with Crippen LogP contribution >= 0.6 is 15.9 Å². The Balaban J connectivity index is 2.22. The predicted octanol–water partition coefficient (Wildman–Crippen LogP) is 3.29. The zero-order valence-corrected chi connectivity index (χ0v) is 15.8. The molecule has 2 rings (SSSR count). The van der Waals surface area contributed by atoms with Crippen molar-refractivity contribution in [3.8, 4) is 0 Å². The van der Waals surface area contributed by atoms with Crippen LogP contribution in [0.5, 0.6) is 0 Å². The van der Waals surface area contributed by atoms with E-state index in [4.69, 9.17) is 9.47 Å². The summed E-state index contributed by atoms with van der Waals surface area (Å²) >= 11 is 3.36. The molecule has 0 spiro atoms. The molecule has 0 fully saturated rings. The molecule has 0 aliphatic heterocycles. The topological polar surface area (TPSA) is 66.2 Å². The van der Waals surface area contributed by atoms with Gasteiger partial charge in [0.25, 0.3) is 0 Å². The average molecular weight is 386 g/mol. The molecule has 2 aromatic rings. The second-order valence-corrected chi connectivity index (χ2v) is 12.8. The predicted molar refractivity (Wildman–Crippen MR) is 90.7 cm³/mol. The normalized spacial score (nSPS) is 11.9. The van der Waals surface area contributed by atoms with E-state index in [2.05, 4.69) is 45.9 Å². The number of ether oxygens (including phenoxy) is 2. The Morgan fingerprint density at radius 1 is 1.36 bits per heavy atom.